The summed E-state index contributed by atoms with van der Waals surface area (Å²) in [6.45, 7) is 4.71. The van der Waals surface area contributed by atoms with Gasteiger partial charge in [0.1, 0.15) is 11.5 Å². The number of carbonyl (C=O) groups is 4. The first-order chi connectivity index (χ1) is 19.4. The molecule has 208 valence electrons. The maximum atomic E-state index is 12.8. The zero-order valence-electron chi connectivity index (χ0n) is 22.7. The second-order valence-electron chi connectivity index (χ2n) is 9.20. The van der Waals surface area contributed by atoms with Gasteiger partial charge >= 0.3 is 0 Å². The predicted octanol–water partition coefficient (Wildman–Crippen LogP) is 5.53. The highest BCUT2D eigenvalue weighted by molar-refractivity contribution is 6.21. The van der Waals surface area contributed by atoms with E-state index in [0.29, 0.717) is 78.6 Å². The zero-order chi connectivity index (χ0) is 28.5. The van der Waals surface area contributed by atoms with E-state index in [4.69, 9.17) is 9.47 Å². The Hall–Kier alpha value is -4.66. The summed E-state index contributed by atoms with van der Waals surface area (Å²) in [5.74, 6) is -0.211. The lowest BCUT2D eigenvalue weighted by Crippen LogP contribution is -2.30. The van der Waals surface area contributed by atoms with Crippen LogP contribution in [-0.2, 0) is 4.79 Å². The van der Waals surface area contributed by atoms with Gasteiger partial charge in [0.2, 0.25) is 5.91 Å². The molecule has 1 aliphatic rings. The quantitative estimate of drug-likeness (QED) is 0.216. The standard InChI is InChI=1S/C31H33N3O6/c1-3-39-26-20-25(33-29(36)21-13-7-5-8-14-21)27(40-4-2)19-24(26)32-28(35)17-9-6-12-18-34-30(37)22-15-10-11-16-23(22)31(34)38/h5,7-8,10-11,13-16,19-20H,3-4,6,9,12,17-18H2,1-2H3,(H,32,35)(H,33,36). The Morgan fingerprint density at radius 1 is 0.725 bits per heavy atom. The smallest absolute Gasteiger partial charge is 0.261 e. The van der Waals surface area contributed by atoms with Crippen LogP contribution in [0.5, 0.6) is 11.5 Å². The highest BCUT2D eigenvalue weighted by Crippen LogP contribution is 2.37. The van der Waals surface area contributed by atoms with E-state index in [0.717, 1.165) is 0 Å². The summed E-state index contributed by atoms with van der Waals surface area (Å²) in [5.41, 5.74) is 2.26. The van der Waals surface area contributed by atoms with Gasteiger partial charge in [0.25, 0.3) is 17.7 Å². The van der Waals surface area contributed by atoms with E-state index in [1.807, 2.05) is 19.9 Å². The Labute approximate surface area is 233 Å². The van der Waals surface area contributed by atoms with Crippen molar-refractivity contribution < 1.29 is 28.7 Å². The Morgan fingerprint density at radius 3 is 1.85 bits per heavy atom. The van der Waals surface area contributed by atoms with Crippen LogP contribution in [0.2, 0.25) is 0 Å². The van der Waals surface area contributed by atoms with Crippen molar-refractivity contribution >= 4 is 35.0 Å². The van der Waals surface area contributed by atoms with E-state index >= 15 is 0 Å². The van der Waals surface area contributed by atoms with Crippen molar-refractivity contribution in [3.05, 3.63) is 83.4 Å². The molecule has 1 heterocycles. The fourth-order valence-corrected chi connectivity index (χ4v) is 4.48. The molecule has 2 N–H and O–H groups in total. The highest BCUT2D eigenvalue weighted by Gasteiger charge is 2.34. The molecule has 0 aromatic heterocycles. The minimum Gasteiger partial charge on any atom is -0.492 e. The molecule has 9 nitrogen and oxygen atoms in total. The fraction of sp³-hybridized carbons (Fsp3) is 0.290. The average molecular weight is 544 g/mol. The number of amides is 4. The number of benzene rings is 3. The Kier molecular flexibility index (Phi) is 9.51. The molecular formula is C31H33N3O6. The highest BCUT2D eigenvalue weighted by atomic mass is 16.5. The van der Waals surface area contributed by atoms with E-state index in [1.165, 1.54) is 4.90 Å². The lowest BCUT2D eigenvalue weighted by Gasteiger charge is -2.18. The summed E-state index contributed by atoms with van der Waals surface area (Å²) in [6, 6.07) is 18.9. The normalized spacial score (nSPS) is 12.2. The van der Waals surface area contributed by atoms with Crippen molar-refractivity contribution in [2.75, 3.05) is 30.4 Å². The van der Waals surface area contributed by atoms with Crippen molar-refractivity contribution in [2.45, 2.75) is 39.5 Å². The van der Waals surface area contributed by atoms with Crippen LogP contribution in [0.15, 0.2) is 66.7 Å². The van der Waals surface area contributed by atoms with Gasteiger partial charge in [-0.2, -0.15) is 0 Å². The summed E-state index contributed by atoms with van der Waals surface area (Å²) >= 11 is 0. The Morgan fingerprint density at radius 2 is 1.27 bits per heavy atom. The lowest BCUT2D eigenvalue weighted by atomic mass is 10.1. The van der Waals surface area contributed by atoms with Crippen molar-refractivity contribution in [1.29, 1.82) is 0 Å². The Bertz CT molecular complexity index is 1350. The molecule has 0 bridgehead atoms. The van der Waals surface area contributed by atoms with Gasteiger partial charge in [-0.25, -0.2) is 0 Å². The van der Waals surface area contributed by atoms with E-state index < -0.39 is 0 Å². The minimum atomic E-state index is -0.290. The predicted molar refractivity (Wildman–Crippen MR) is 152 cm³/mol. The number of imide groups is 1. The van der Waals surface area contributed by atoms with Gasteiger partial charge in [0.15, 0.2) is 0 Å². The molecule has 4 amide bonds. The fourth-order valence-electron chi connectivity index (χ4n) is 4.48. The molecule has 3 aromatic carbocycles. The molecule has 4 rings (SSSR count). The SMILES string of the molecule is CCOc1cc(NC(=O)c2ccccc2)c(OCC)cc1NC(=O)CCCCCN1C(=O)c2ccccc2C1=O. The van der Waals surface area contributed by atoms with Crippen molar-refractivity contribution in [2.24, 2.45) is 0 Å². The van der Waals surface area contributed by atoms with Crippen molar-refractivity contribution in [3.63, 3.8) is 0 Å². The average Bonchev–Trinajstić information content (AvgIpc) is 3.20. The number of carbonyl (C=O) groups excluding carboxylic acids is 4. The maximum Gasteiger partial charge on any atom is 0.261 e. The number of fused-ring (bicyclic) bond motifs is 1. The van der Waals surface area contributed by atoms with E-state index in [1.54, 1.807) is 60.7 Å². The monoisotopic (exact) mass is 543 g/mol. The van der Waals surface area contributed by atoms with Gasteiger partial charge in [-0.3, -0.25) is 24.1 Å². The molecule has 0 saturated heterocycles. The molecule has 0 spiro atoms. The van der Waals surface area contributed by atoms with E-state index in [9.17, 15) is 19.2 Å². The number of unbranched alkanes of at least 4 members (excludes halogenated alkanes) is 2. The van der Waals surface area contributed by atoms with Gasteiger partial charge in [0.05, 0.1) is 35.7 Å². The van der Waals surface area contributed by atoms with E-state index in [-0.39, 0.29) is 30.0 Å². The number of anilines is 2. The van der Waals surface area contributed by atoms with Crippen LogP contribution in [0.25, 0.3) is 0 Å². The van der Waals surface area contributed by atoms with Gasteiger partial charge in [0, 0.05) is 30.7 Å². The summed E-state index contributed by atoms with van der Waals surface area (Å²) in [4.78, 5) is 51.8. The van der Waals surface area contributed by atoms with Crippen LogP contribution in [0.1, 0.15) is 70.6 Å². The molecule has 40 heavy (non-hydrogen) atoms. The molecule has 0 radical (unpaired) electrons. The molecule has 3 aromatic rings. The molecule has 0 saturated carbocycles. The molecular weight excluding hydrogens is 510 g/mol. The molecule has 0 atom stereocenters. The van der Waals surface area contributed by atoms with Gasteiger partial charge in [-0.1, -0.05) is 36.8 Å². The summed E-state index contributed by atoms with van der Waals surface area (Å²) in [6.07, 6.45) is 2.12. The topological polar surface area (TPSA) is 114 Å². The van der Waals surface area contributed by atoms with Crippen LogP contribution in [0.3, 0.4) is 0 Å². The molecule has 0 unspecified atom stereocenters. The van der Waals surface area contributed by atoms with E-state index in [2.05, 4.69) is 10.6 Å². The van der Waals surface area contributed by atoms with Gasteiger partial charge < -0.3 is 20.1 Å². The number of ether oxygens (including phenoxy) is 2. The van der Waals surface area contributed by atoms with Gasteiger partial charge in [-0.05, 0) is 51.0 Å². The zero-order valence-corrected chi connectivity index (χ0v) is 22.7. The van der Waals surface area contributed by atoms with Crippen LogP contribution in [0, 0.1) is 0 Å². The third-order valence-corrected chi connectivity index (χ3v) is 6.40. The number of nitrogens with one attached hydrogen (secondary N) is 2. The van der Waals surface area contributed by atoms with Crippen LogP contribution < -0.4 is 20.1 Å². The first kappa shape index (κ1) is 28.4. The second kappa shape index (κ2) is 13.4. The first-order valence-corrected chi connectivity index (χ1v) is 13.5. The lowest BCUT2D eigenvalue weighted by molar-refractivity contribution is -0.116. The number of nitrogens with zero attached hydrogens (tertiary/aromatic N) is 1. The number of hydrogen-bond donors (Lipinski definition) is 2. The van der Waals surface area contributed by atoms with Crippen LogP contribution in [0.4, 0.5) is 11.4 Å². The summed E-state index contributed by atoms with van der Waals surface area (Å²) in [7, 11) is 0. The largest absolute Gasteiger partial charge is 0.492 e. The third-order valence-electron chi connectivity index (χ3n) is 6.40. The van der Waals surface area contributed by atoms with Gasteiger partial charge in [-0.15, -0.1) is 0 Å². The van der Waals surface area contributed by atoms with Crippen molar-refractivity contribution in [3.8, 4) is 11.5 Å². The minimum absolute atomic E-state index is 0.204. The number of hydrogen-bond acceptors (Lipinski definition) is 6. The Balaban J connectivity index is 1.33. The first-order valence-electron chi connectivity index (χ1n) is 13.5. The molecule has 1 aliphatic heterocycles. The number of rotatable bonds is 13. The second-order valence-corrected chi connectivity index (χ2v) is 9.20. The summed E-state index contributed by atoms with van der Waals surface area (Å²) in [5, 5.41) is 5.76. The summed E-state index contributed by atoms with van der Waals surface area (Å²) < 4.78 is 11.5. The maximum absolute atomic E-state index is 12.8. The molecule has 9 heteroatoms. The molecule has 0 fully saturated rings. The molecule has 0 aliphatic carbocycles. The third kappa shape index (κ3) is 6.66. The van der Waals surface area contributed by atoms with Crippen LogP contribution >= 0.6 is 0 Å². The van der Waals surface area contributed by atoms with Crippen molar-refractivity contribution in [1.82, 2.24) is 4.90 Å². The van der Waals surface area contributed by atoms with Crippen LogP contribution in [-0.4, -0.2) is 48.3 Å².